The summed E-state index contributed by atoms with van der Waals surface area (Å²) < 4.78 is 18.6. The number of likely N-dealkylation sites (tertiary alicyclic amines) is 1. The number of benzene rings is 1. The lowest BCUT2D eigenvalue weighted by Gasteiger charge is -2.39. The highest BCUT2D eigenvalue weighted by atomic mass is 16.6. The van der Waals surface area contributed by atoms with Crippen LogP contribution in [0.5, 0.6) is 5.75 Å². The molecule has 3 heterocycles. The number of nitrogens with zero attached hydrogens (tertiary/aromatic N) is 1. The molecule has 1 N–H and O–H groups in total. The fraction of sp³-hybridized carbons (Fsp3) is 0.750. The van der Waals surface area contributed by atoms with E-state index in [2.05, 4.69) is 33.8 Å². The Kier molecular flexibility index (Phi) is 6.82. The maximum Gasteiger partial charge on any atom is 0.260 e. The van der Waals surface area contributed by atoms with Crippen LogP contribution in [0.3, 0.4) is 0 Å². The second-order valence-electron chi connectivity index (χ2n) is 12.5. The van der Waals surface area contributed by atoms with Gasteiger partial charge in [-0.3, -0.25) is 4.79 Å². The number of carbonyl (C=O) groups is 1. The van der Waals surface area contributed by atoms with Gasteiger partial charge in [-0.25, -0.2) is 0 Å². The molecule has 0 aromatic heterocycles. The summed E-state index contributed by atoms with van der Waals surface area (Å²) in [7, 11) is 0. The van der Waals surface area contributed by atoms with Crippen LogP contribution in [0, 0.1) is 5.41 Å². The van der Waals surface area contributed by atoms with Crippen molar-refractivity contribution in [3.63, 3.8) is 0 Å². The van der Waals surface area contributed by atoms with Gasteiger partial charge in [-0.05, 0) is 75.3 Å². The van der Waals surface area contributed by atoms with Crippen molar-refractivity contribution in [3.8, 4) is 5.75 Å². The zero-order valence-corrected chi connectivity index (χ0v) is 21.9. The highest BCUT2D eigenvalue weighted by molar-refractivity contribution is 5.78. The molecule has 0 unspecified atom stereocenters. The topological polar surface area (TPSA) is 68.2 Å². The van der Waals surface area contributed by atoms with Crippen LogP contribution in [0.15, 0.2) is 24.3 Å². The van der Waals surface area contributed by atoms with Crippen LogP contribution in [0.25, 0.3) is 0 Å². The number of carbonyl (C=O) groups excluding carboxylic acids is 1. The number of rotatable bonds is 5. The molecule has 1 spiro atoms. The molecule has 1 amide bonds. The Balaban J connectivity index is 1.29. The molecule has 0 saturated carbocycles. The summed E-state index contributed by atoms with van der Waals surface area (Å²) in [6.07, 6.45) is 4.49. The number of piperidine rings is 1. The fourth-order valence-electron chi connectivity index (χ4n) is 5.80. The Morgan fingerprint density at radius 3 is 2.44 bits per heavy atom. The second-order valence-corrected chi connectivity index (χ2v) is 12.5. The Hall–Kier alpha value is -1.63. The molecule has 6 heteroatoms. The lowest BCUT2D eigenvalue weighted by Crippen LogP contribution is -2.46. The van der Waals surface area contributed by atoms with Crippen molar-refractivity contribution in [1.82, 2.24) is 4.90 Å². The van der Waals surface area contributed by atoms with E-state index in [9.17, 15) is 9.90 Å². The van der Waals surface area contributed by atoms with Crippen LogP contribution >= 0.6 is 0 Å². The minimum absolute atomic E-state index is 0.0389. The summed E-state index contributed by atoms with van der Waals surface area (Å²) in [5.41, 5.74) is -0.00252. The molecule has 34 heavy (non-hydrogen) atoms. The molecule has 3 saturated heterocycles. The quantitative estimate of drug-likeness (QED) is 0.683. The van der Waals surface area contributed by atoms with E-state index in [1.165, 1.54) is 0 Å². The average molecular weight is 474 g/mol. The molecular formula is C28H43NO5. The minimum Gasteiger partial charge on any atom is -0.483 e. The molecular weight excluding hydrogens is 430 g/mol. The molecule has 1 aromatic carbocycles. The van der Waals surface area contributed by atoms with Crippen LogP contribution in [0.1, 0.15) is 79.2 Å². The number of hydrogen-bond acceptors (Lipinski definition) is 5. The van der Waals surface area contributed by atoms with Crippen molar-refractivity contribution in [1.29, 1.82) is 0 Å². The number of ether oxygens (including phenoxy) is 3. The normalized spacial score (nSPS) is 29.6. The maximum atomic E-state index is 12.9. The molecule has 190 valence electrons. The van der Waals surface area contributed by atoms with Gasteiger partial charge in [0.15, 0.2) is 6.61 Å². The Labute approximate surface area is 204 Å². The van der Waals surface area contributed by atoms with Crippen LogP contribution < -0.4 is 4.74 Å². The van der Waals surface area contributed by atoms with E-state index in [1.54, 1.807) is 0 Å². The van der Waals surface area contributed by atoms with Crippen molar-refractivity contribution in [3.05, 3.63) is 29.8 Å². The first-order valence-electron chi connectivity index (χ1n) is 12.8. The first-order valence-corrected chi connectivity index (χ1v) is 12.8. The van der Waals surface area contributed by atoms with Gasteiger partial charge in [-0.15, -0.1) is 0 Å². The smallest absolute Gasteiger partial charge is 0.260 e. The van der Waals surface area contributed by atoms with E-state index in [0.29, 0.717) is 0 Å². The first kappa shape index (κ1) is 25.5. The van der Waals surface area contributed by atoms with Gasteiger partial charge in [0.2, 0.25) is 0 Å². The third kappa shape index (κ3) is 5.29. The van der Waals surface area contributed by atoms with Gasteiger partial charge in [0.05, 0.1) is 30.0 Å². The van der Waals surface area contributed by atoms with Gasteiger partial charge < -0.3 is 24.2 Å². The van der Waals surface area contributed by atoms with Gasteiger partial charge in [0.25, 0.3) is 5.91 Å². The molecule has 0 bridgehead atoms. The third-order valence-electron chi connectivity index (χ3n) is 8.22. The van der Waals surface area contributed by atoms with Crippen LogP contribution in [0.2, 0.25) is 0 Å². The van der Waals surface area contributed by atoms with E-state index in [0.717, 1.165) is 63.1 Å². The molecule has 3 fully saturated rings. The van der Waals surface area contributed by atoms with Crippen molar-refractivity contribution in [2.45, 2.75) is 102 Å². The molecule has 4 rings (SSSR count). The molecule has 3 atom stereocenters. The minimum atomic E-state index is -0.838. The highest BCUT2D eigenvalue weighted by Crippen LogP contribution is 2.49. The standard InChI is InChI=1S/C28H43NO5/c1-25(2,3)20-9-7-8-10-21(20)32-18-24(30)29-15-13-28(14-16-29)17-23(33-19-28)27(6)12-11-22(34-27)26(4,5)31/h7-10,22-23,31H,11-19H2,1-6H3/t22-,23-,27-/m1/s1. The molecule has 3 aliphatic rings. The largest absolute Gasteiger partial charge is 0.483 e. The molecule has 0 radical (unpaired) electrons. The average Bonchev–Trinajstić information content (AvgIpc) is 3.37. The molecule has 6 nitrogen and oxygen atoms in total. The molecule has 0 aliphatic carbocycles. The molecule has 1 aromatic rings. The molecule has 3 aliphatic heterocycles. The highest BCUT2D eigenvalue weighted by Gasteiger charge is 2.53. The van der Waals surface area contributed by atoms with Crippen molar-refractivity contribution in [2.24, 2.45) is 5.41 Å². The van der Waals surface area contributed by atoms with Gasteiger partial charge in [-0.2, -0.15) is 0 Å². The lowest BCUT2D eigenvalue weighted by molar-refractivity contribution is -0.155. The Morgan fingerprint density at radius 2 is 1.82 bits per heavy atom. The summed E-state index contributed by atoms with van der Waals surface area (Å²) >= 11 is 0. The van der Waals surface area contributed by atoms with E-state index in [-0.39, 0.29) is 41.2 Å². The van der Waals surface area contributed by atoms with Crippen molar-refractivity contribution < 1.29 is 24.1 Å². The van der Waals surface area contributed by atoms with Crippen LogP contribution in [-0.2, 0) is 19.7 Å². The monoisotopic (exact) mass is 473 g/mol. The van der Waals surface area contributed by atoms with Crippen LogP contribution in [-0.4, -0.2) is 65.6 Å². The van der Waals surface area contributed by atoms with E-state index >= 15 is 0 Å². The van der Waals surface area contributed by atoms with Crippen molar-refractivity contribution >= 4 is 5.91 Å². The fourth-order valence-corrected chi connectivity index (χ4v) is 5.80. The number of aliphatic hydroxyl groups is 1. The van der Waals surface area contributed by atoms with E-state index < -0.39 is 5.60 Å². The summed E-state index contributed by atoms with van der Waals surface area (Å²) in [5.74, 6) is 0.839. The Bertz CT molecular complexity index is 878. The van der Waals surface area contributed by atoms with E-state index in [1.807, 2.05) is 36.9 Å². The first-order chi connectivity index (χ1) is 15.8. The number of amides is 1. The Morgan fingerprint density at radius 1 is 1.15 bits per heavy atom. The number of para-hydroxylation sites is 1. The van der Waals surface area contributed by atoms with Gasteiger partial charge in [0, 0.05) is 13.1 Å². The van der Waals surface area contributed by atoms with Crippen molar-refractivity contribution in [2.75, 3.05) is 26.3 Å². The summed E-state index contributed by atoms with van der Waals surface area (Å²) in [5, 5.41) is 10.4. The lowest BCUT2D eigenvalue weighted by atomic mass is 9.74. The predicted molar refractivity (Wildman–Crippen MR) is 132 cm³/mol. The van der Waals surface area contributed by atoms with Gasteiger partial charge in [0.1, 0.15) is 5.75 Å². The zero-order chi connectivity index (χ0) is 24.8. The van der Waals surface area contributed by atoms with Gasteiger partial charge >= 0.3 is 0 Å². The van der Waals surface area contributed by atoms with Gasteiger partial charge in [-0.1, -0.05) is 39.0 Å². The second kappa shape index (κ2) is 9.11. The SMILES string of the molecule is CC(C)(C)c1ccccc1OCC(=O)N1CCC2(CC1)CO[C@@H]([C@@]1(C)CC[C@H](C(C)(C)O)O1)C2. The predicted octanol–water partition coefficient (Wildman–Crippen LogP) is 4.47. The number of hydrogen-bond donors (Lipinski definition) is 1. The maximum absolute atomic E-state index is 12.9. The summed E-state index contributed by atoms with van der Waals surface area (Å²) in [6.45, 7) is 14.5. The van der Waals surface area contributed by atoms with E-state index in [4.69, 9.17) is 14.2 Å². The van der Waals surface area contributed by atoms with Crippen LogP contribution in [0.4, 0.5) is 0 Å². The summed E-state index contributed by atoms with van der Waals surface area (Å²) in [4.78, 5) is 14.9. The third-order valence-corrected chi connectivity index (χ3v) is 8.22. The summed E-state index contributed by atoms with van der Waals surface area (Å²) in [6, 6.07) is 7.98. The zero-order valence-electron chi connectivity index (χ0n) is 21.9.